The van der Waals surface area contributed by atoms with Crippen molar-refractivity contribution < 1.29 is 13.9 Å². The molecule has 0 fully saturated rings. The molecule has 0 aliphatic heterocycles. The van der Waals surface area contributed by atoms with Crippen LogP contribution in [0.25, 0.3) is 22.6 Å². The van der Waals surface area contributed by atoms with Crippen molar-refractivity contribution in [1.82, 2.24) is 4.98 Å². The Morgan fingerprint density at radius 2 is 1.88 bits per heavy atom. The second-order valence-corrected chi connectivity index (χ2v) is 8.48. The van der Waals surface area contributed by atoms with Gasteiger partial charge in [0.2, 0.25) is 5.89 Å². The van der Waals surface area contributed by atoms with E-state index in [1.165, 1.54) is 5.56 Å². The van der Waals surface area contributed by atoms with Crippen LogP contribution in [-0.2, 0) is 0 Å². The van der Waals surface area contributed by atoms with Gasteiger partial charge in [0.25, 0.3) is 5.91 Å². The molecule has 4 rings (SSSR count). The third-order valence-electron chi connectivity index (χ3n) is 5.64. The fourth-order valence-electron chi connectivity index (χ4n) is 3.48. The normalized spacial score (nSPS) is 12.0. The van der Waals surface area contributed by atoms with E-state index >= 15 is 0 Å². The highest BCUT2D eigenvalue weighted by Gasteiger charge is 2.14. The third kappa shape index (κ3) is 5.20. The summed E-state index contributed by atoms with van der Waals surface area (Å²) in [6.07, 6.45) is 1.99. The number of hydrogen-bond acceptors (Lipinski definition) is 4. The molecule has 1 unspecified atom stereocenters. The van der Waals surface area contributed by atoms with E-state index < -0.39 is 0 Å². The van der Waals surface area contributed by atoms with Gasteiger partial charge in [-0.15, -0.1) is 0 Å². The maximum Gasteiger partial charge on any atom is 0.255 e. The summed E-state index contributed by atoms with van der Waals surface area (Å²) >= 11 is 6.36. The lowest BCUT2D eigenvalue weighted by Crippen LogP contribution is -2.12. The molecule has 1 atom stereocenters. The highest BCUT2D eigenvalue weighted by atomic mass is 35.5. The van der Waals surface area contributed by atoms with E-state index in [2.05, 4.69) is 36.3 Å². The van der Waals surface area contributed by atoms with Crippen LogP contribution in [-0.4, -0.2) is 17.5 Å². The molecule has 4 aromatic rings. The second kappa shape index (κ2) is 10.1. The van der Waals surface area contributed by atoms with Crippen molar-refractivity contribution in [2.24, 2.45) is 0 Å². The summed E-state index contributed by atoms with van der Waals surface area (Å²) in [5.41, 5.74) is 4.52. The van der Waals surface area contributed by atoms with Crippen LogP contribution in [0.15, 0.2) is 65.1 Å². The van der Waals surface area contributed by atoms with Gasteiger partial charge in [-0.3, -0.25) is 4.79 Å². The molecule has 170 valence electrons. The van der Waals surface area contributed by atoms with E-state index in [0.717, 1.165) is 35.3 Å². The molecule has 5 nitrogen and oxygen atoms in total. The van der Waals surface area contributed by atoms with E-state index in [1.807, 2.05) is 19.1 Å². The van der Waals surface area contributed by atoms with Gasteiger partial charge < -0.3 is 14.5 Å². The van der Waals surface area contributed by atoms with Crippen molar-refractivity contribution in [2.45, 2.75) is 39.5 Å². The van der Waals surface area contributed by atoms with Crippen molar-refractivity contribution in [2.75, 3.05) is 11.9 Å². The van der Waals surface area contributed by atoms with Gasteiger partial charge in [0.05, 0.1) is 17.3 Å². The first kappa shape index (κ1) is 22.9. The summed E-state index contributed by atoms with van der Waals surface area (Å²) in [5, 5.41) is 3.32. The summed E-state index contributed by atoms with van der Waals surface area (Å²) in [5.74, 6) is 1.42. The smallest absolute Gasteiger partial charge is 0.255 e. The first-order valence-corrected chi connectivity index (χ1v) is 11.6. The molecule has 1 amide bonds. The van der Waals surface area contributed by atoms with Gasteiger partial charge in [-0.25, -0.2) is 4.98 Å². The van der Waals surface area contributed by atoms with Crippen molar-refractivity contribution in [3.05, 3.63) is 76.8 Å². The molecule has 33 heavy (non-hydrogen) atoms. The maximum absolute atomic E-state index is 12.8. The first-order chi connectivity index (χ1) is 16.0. The Morgan fingerprint density at radius 1 is 1.09 bits per heavy atom. The average Bonchev–Trinajstić information content (AvgIpc) is 3.27. The number of hydrogen-bond donors (Lipinski definition) is 1. The summed E-state index contributed by atoms with van der Waals surface area (Å²) in [7, 11) is 0. The number of ether oxygens (including phenoxy) is 1. The number of aromatic nitrogens is 1. The minimum absolute atomic E-state index is 0.258. The minimum Gasteiger partial charge on any atom is -0.494 e. The van der Waals surface area contributed by atoms with Crippen LogP contribution in [0.2, 0.25) is 5.02 Å². The SMILES string of the molecule is CCCOc1ccc(C(=O)Nc2cc(-c3nc4cc(C(C)CC)ccc4o3)ccc2Cl)cc1. The standard InChI is InChI=1S/C27H27ClN2O3/c1-4-14-32-21-10-6-18(7-11-21)26(31)29-23-16-20(8-12-22(23)28)27-30-24-15-19(17(3)5-2)9-13-25(24)33-27/h6-13,15-17H,4-5,14H2,1-3H3,(H,29,31). The lowest BCUT2D eigenvalue weighted by molar-refractivity contribution is 0.102. The number of rotatable bonds is 8. The molecule has 1 aromatic heterocycles. The van der Waals surface area contributed by atoms with E-state index in [4.69, 9.17) is 20.8 Å². The number of nitrogens with zero attached hydrogens (tertiary/aromatic N) is 1. The Kier molecular flexibility index (Phi) is 6.99. The molecular formula is C27H27ClN2O3. The number of nitrogens with one attached hydrogen (secondary N) is 1. The van der Waals surface area contributed by atoms with E-state index in [0.29, 0.717) is 34.7 Å². The molecular weight excluding hydrogens is 436 g/mol. The van der Waals surface area contributed by atoms with Gasteiger partial charge in [-0.05, 0) is 78.9 Å². The summed E-state index contributed by atoms with van der Waals surface area (Å²) < 4.78 is 11.5. The number of halogens is 1. The molecule has 0 bridgehead atoms. The second-order valence-electron chi connectivity index (χ2n) is 8.08. The number of anilines is 1. The fraction of sp³-hybridized carbons (Fsp3) is 0.259. The topological polar surface area (TPSA) is 64.4 Å². The predicted molar refractivity (Wildman–Crippen MR) is 133 cm³/mol. The fourth-order valence-corrected chi connectivity index (χ4v) is 3.65. The van der Waals surface area contributed by atoms with Gasteiger partial charge in [0.1, 0.15) is 11.3 Å². The Balaban J connectivity index is 1.56. The minimum atomic E-state index is -0.258. The van der Waals surface area contributed by atoms with Crippen molar-refractivity contribution >= 4 is 34.3 Å². The quantitative estimate of drug-likeness (QED) is 0.291. The number of carbonyl (C=O) groups excluding carboxylic acids is 1. The van der Waals surface area contributed by atoms with Gasteiger partial charge in [0, 0.05) is 11.1 Å². The van der Waals surface area contributed by atoms with E-state index in [9.17, 15) is 4.79 Å². The third-order valence-corrected chi connectivity index (χ3v) is 5.97. The van der Waals surface area contributed by atoms with Gasteiger partial charge in [0.15, 0.2) is 5.58 Å². The van der Waals surface area contributed by atoms with Crippen molar-refractivity contribution in [3.63, 3.8) is 0 Å². The Labute approximate surface area is 198 Å². The van der Waals surface area contributed by atoms with Crippen LogP contribution < -0.4 is 10.1 Å². The zero-order valence-electron chi connectivity index (χ0n) is 19.0. The zero-order chi connectivity index (χ0) is 23.4. The monoisotopic (exact) mass is 462 g/mol. The summed E-state index contributed by atoms with van der Waals surface area (Å²) in [6.45, 7) is 7.05. The Morgan fingerprint density at radius 3 is 2.61 bits per heavy atom. The van der Waals surface area contributed by atoms with Crippen LogP contribution in [0.1, 0.15) is 55.5 Å². The number of carbonyl (C=O) groups is 1. The summed E-state index contributed by atoms with van der Waals surface area (Å²) in [6, 6.07) is 18.5. The zero-order valence-corrected chi connectivity index (χ0v) is 19.8. The van der Waals surface area contributed by atoms with E-state index in [-0.39, 0.29) is 5.91 Å². The lowest BCUT2D eigenvalue weighted by Gasteiger charge is -2.09. The molecule has 0 aliphatic rings. The number of oxazole rings is 1. The first-order valence-electron chi connectivity index (χ1n) is 11.2. The molecule has 0 saturated carbocycles. The van der Waals surface area contributed by atoms with Crippen LogP contribution >= 0.6 is 11.6 Å². The molecule has 0 spiro atoms. The largest absolute Gasteiger partial charge is 0.494 e. The van der Waals surface area contributed by atoms with Gasteiger partial charge >= 0.3 is 0 Å². The molecule has 3 aromatic carbocycles. The van der Waals surface area contributed by atoms with Crippen LogP contribution in [0, 0.1) is 0 Å². The molecule has 0 radical (unpaired) electrons. The van der Waals surface area contributed by atoms with Crippen molar-refractivity contribution in [1.29, 1.82) is 0 Å². The Bertz CT molecular complexity index is 1260. The van der Waals surface area contributed by atoms with Crippen LogP contribution in [0.5, 0.6) is 5.75 Å². The van der Waals surface area contributed by atoms with Crippen LogP contribution in [0.3, 0.4) is 0 Å². The summed E-state index contributed by atoms with van der Waals surface area (Å²) in [4.78, 5) is 17.4. The maximum atomic E-state index is 12.8. The number of fused-ring (bicyclic) bond motifs is 1. The molecule has 0 saturated heterocycles. The van der Waals surface area contributed by atoms with Crippen molar-refractivity contribution in [3.8, 4) is 17.2 Å². The molecule has 6 heteroatoms. The predicted octanol–water partition coefficient (Wildman–Crippen LogP) is 7.70. The average molecular weight is 463 g/mol. The van der Waals surface area contributed by atoms with Crippen LogP contribution in [0.4, 0.5) is 5.69 Å². The van der Waals surface area contributed by atoms with E-state index in [1.54, 1.807) is 36.4 Å². The highest BCUT2D eigenvalue weighted by Crippen LogP contribution is 2.32. The molecule has 1 N–H and O–H groups in total. The Hall–Kier alpha value is -3.31. The molecule has 0 aliphatic carbocycles. The molecule has 1 heterocycles. The highest BCUT2D eigenvalue weighted by molar-refractivity contribution is 6.34. The van der Waals surface area contributed by atoms with Gasteiger partial charge in [-0.1, -0.05) is 38.4 Å². The lowest BCUT2D eigenvalue weighted by atomic mass is 9.98. The number of benzene rings is 3. The number of amides is 1. The van der Waals surface area contributed by atoms with Gasteiger partial charge in [-0.2, -0.15) is 0 Å².